The molecule has 0 aliphatic carbocycles. The average Bonchev–Trinajstić information content (AvgIpc) is 3.03. The van der Waals surface area contributed by atoms with Crippen molar-refractivity contribution in [3.63, 3.8) is 0 Å². The molecule has 0 spiro atoms. The Balaban J connectivity index is 1.43. The Morgan fingerprint density at radius 1 is 1.12 bits per heavy atom. The molecule has 1 aromatic carbocycles. The molecule has 3 heterocycles. The minimum Gasteiger partial charge on any atom is -0.461 e. The van der Waals surface area contributed by atoms with Crippen molar-refractivity contribution in [3.05, 3.63) is 51.8 Å². The van der Waals surface area contributed by atoms with Gasteiger partial charge in [-0.25, -0.2) is 4.79 Å². The first-order valence-electron chi connectivity index (χ1n) is 7.76. The van der Waals surface area contributed by atoms with E-state index in [1.165, 1.54) is 12.1 Å². The minimum atomic E-state index is -0.474. The van der Waals surface area contributed by atoms with Gasteiger partial charge in [0.25, 0.3) is 6.01 Å². The fourth-order valence-electron chi connectivity index (χ4n) is 2.78. The maximum Gasteiger partial charge on any atom is 0.338 e. The first-order chi connectivity index (χ1) is 11.7. The summed E-state index contributed by atoms with van der Waals surface area (Å²) in [5.74, 6) is 0.0875. The predicted molar refractivity (Wildman–Crippen MR) is 89.9 cm³/mol. The number of fused-ring (bicyclic) bond motifs is 1. The zero-order chi connectivity index (χ0) is 16.5. The number of aromatic nitrogens is 1. The van der Waals surface area contributed by atoms with E-state index < -0.39 is 5.63 Å². The smallest absolute Gasteiger partial charge is 0.338 e. The molecule has 0 saturated carbocycles. The molecule has 124 valence electrons. The normalized spacial score (nSPS) is 15.8. The maximum atomic E-state index is 11.3. The van der Waals surface area contributed by atoms with Crippen LogP contribution in [-0.4, -0.2) is 24.2 Å². The highest BCUT2D eigenvalue weighted by Crippen LogP contribution is 2.28. The molecule has 1 fully saturated rings. The Morgan fingerprint density at radius 2 is 1.92 bits per heavy atom. The van der Waals surface area contributed by atoms with Crippen molar-refractivity contribution in [1.82, 2.24) is 4.98 Å². The number of para-hydroxylation sites is 2. The number of nitrogens with zero attached hydrogens (tertiary/aromatic N) is 2. The van der Waals surface area contributed by atoms with Gasteiger partial charge < -0.3 is 18.5 Å². The highest BCUT2D eigenvalue weighted by molar-refractivity contribution is 6.31. The summed E-state index contributed by atoms with van der Waals surface area (Å²) in [6.45, 7) is 1.48. The van der Waals surface area contributed by atoms with E-state index >= 15 is 0 Å². The molecule has 1 aliphatic heterocycles. The Labute approximate surface area is 142 Å². The number of piperidine rings is 1. The number of halogens is 1. The van der Waals surface area contributed by atoms with Gasteiger partial charge >= 0.3 is 11.6 Å². The van der Waals surface area contributed by atoms with Crippen molar-refractivity contribution in [2.75, 3.05) is 18.0 Å². The third-order valence-electron chi connectivity index (χ3n) is 4.02. The molecular formula is C17H15ClN2O4. The summed E-state index contributed by atoms with van der Waals surface area (Å²) in [6, 6.07) is 11.1. The lowest BCUT2D eigenvalue weighted by Crippen LogP contribution is -2.38. The fraction of sp³-hybridized carbons (Fsp3) is 0.294. The molecular weight excluding hydrogens is 332 g/mol. The second-order valence-electron chi connectivity index (χ2n) is 5.66. The Kier molecular flexibility index (Phi) is 3.90. The minimum absolute atomic E-state index is 0.0614. The van der Waals surface area contributed by atoms with Crippen LogP contribution < -0.4 is 15.3 Å². The van der Waals surface area contributed by atoms with Crippen LogP contribution in [0.2, 0.25) is 5.02 Å². The van der Waals surface area contributed by atoms with Gasteiger partial charge in [0.05, 0.1) is 0 Å². The van der Waals surface area contributed by atoms with Crippen molar-refractivity contribution >= 4 is 28.7 Å². The Hall–Kier alpha value is -2.47. The monoisotopic (exact) mass is 346 g/mol. The number of ether oxygens (including phenoxy) is 1. The van der Waals surface area contributed by atoms with E-state index in [1.807, 2.05) is 24.3 Å². The van der Waals surface area contributed by atoms with E-state index in [-0.39, 0.29) is 12.1 Å². The number of hydrogen-bond acceptors (Lipinski definition) is 6. The highest BCUT2D eigenvalue weighted by atomic mass is 35.5. The number of benzene rings is 1. The summed E-state index contributed by atoms with van der Waals surface area (Å²) >= 11 is 5.99. The molecule has 0 radical (unpaired) electrons. The van der Waals surface area contributed by atoms with E-state index in [2.05, 4.69) is 9.88 Å². The average molecular weight is 347 g/mol. The fourth-order valence-corrected chi connectivity index (χ4v) is 2.92. The summed E-state index contributed by atoms with van der Waals surface area (Å²) in [5, 5.41) is 0.302. The molecule has 2 aromatic heterocycles. The van der Waals surface area contributed by atoms with Gasteiger partial charge in [-0.2, -0.15) is 4.98 Å². The number of hydrogen-bond donors (Lipinski definition) is 0. The Morgan fingerprint density at radius 3 is 2.71 bits per heavy atom. The van der Waals surface area contributed by atoms with Crippen LogP contribution in [0.5, 0.6) is 5.95 Å². The van der Waals surface area contributed by atoms with E-state index in [1.54, 1.807) is 0 Å². The first-order valence-corrected chi connectivity index (χ1v) is 8.14. The van der Waals surface area contributed by atoms with Crippen molar-refractivity contribution < 1.29 is 13.6 Å². The van der Waals surface area contributed by atoms with Crippen LogP contribution in [-0.2, 0) is 0 Å². The lowest BCUT2D eigenvalue weighted by molar-refractivity contribution is 0.126. The second kappa shape index (κ2) is 6.20. The van der Waals surface area contributed by atoms with Crippen LogP contribution in [0, 0.1) is 0 Å². The van der Waals surface area contributed by atoms with Crippen LogP contribution in [0.25, 0.3) is 11.1 Å². The molecule has 0 amide bonds. The molecule has 1 saturated heterocycles. The molecule has 7 heteroatoms. The van der Waals surface area contributed by atoms with Crippen molar-refractivity contribution in [2.45, 2.75) is 18.9 Å². The topological polar surface area (TPSA) is 68.7 Å². The van der Waals surface area contributed by atoms with Gasteiger partial charge in [-0.1, -0.05) is 23.7 Å². The lowest BCUT2D eigenvalue weighted by Gasteiger charge is -2.30. The van der Waals surface area contributed by atoms with Gasteiger partial charge in [0.2, 0.25) is 0 Å². The van der Waals surface area contributed by atoms with Crippen LogP contribution in [0.4, 0.5) is 6.01 Å². The third kappa shape index (κ3) is 2.97. The molecule has 0 bridgehead atoms. The SMILES string of the molecule is O=c1ccc(Cl)c(OC2CCN(c3nc4ccccc4o3)CC2)o1. The van der Waals surface area contributed by atoms with Gasteiger partial charge in [0.15, 0.2) is 5.58 Å². The van der Waals surface area contributed by atoms with Crippen LogP contribution in [0.15, 0.2) is 50.0 Å². The third-order valence-corrected chi connectivity index (χ3v) is 4.30. The maximum absolute atomic E-state index is 11.3. The van der Waals surface area contributed by atoms with Crippen molar-refractivity contribution in [1.29, 1.82) is 0 Å². The van der Waals surface area contributed by atoms with Crippen LogP contribution >= 0.6 is 11.6 Å². The van der Waals surface area contributed by atoms with E-state index in [9.17, 15) is 4.79 Å². The summed E-state index contributed by atoms with van der Waals surface area (Å²) in [6.07, 6.45) is 1.45. The standard InChI is InChI=1S/C17H15ClN2O4/c18-12-5-6-15(21)24-16(12)22-11-7-9-20(10-8-11)17-19-13-3-1-2-4-14(13)23-17/h1-6,11H,7-10H2. The summed E-state index contributed by atoms with van der Waals surface area (Å²) in [5.41, 5.74) is 1.16. The zero-order valence-electron chi connectivity index (χ0n) is 12.8. The first kappa shape index (κ1) is 15.1. The molecule has 0 atom stereocenters. The number of anilines is 1. The largest absolute Gasteiger partial charge is 0.461 e. The number of rotatable bonds is 3. The lowest BCUT2D eigenvalue weighted by atomic mass is 10.1. The summed E-state index contributed by atoms with van der Waals surface area (Å²) < 4.78 is 16.5. The molecule has 6 nitrogen and oxygen atoms in total. The van der Waals surface area contributed by atoms with E-state index in [0.29, 0.717) is 11.0 Å². The van der Waals surface area contributed by atoms with Crippen LogP contribution in [0.1, 0.15) is 12.8 Å². The van der Waals surface area contributed by atoms with Crippen LogP contribution in [0.3, 0.4) is 0 Å². The summed E-state index contributed by atoms with van der Waals surface area (Å²) in [7, 11) is 0. The van der Waals surface area contributed by atoms with Gasteiger partial charge in [0, 0.05) is 32.0 Å². The van der Waals surface area contributed by atoms with Gasteiger partial charge in [-0.05, 0) is 18.2 Å². The molecule has 4 rings (SSSR count). The molecule has 24 heavy (non-hydrogen) atoms. The molecule has 1 aliphatic rings. The van der Waals surface area contributed by atoms with Crippen molar-refractivity contribution in [3.8, 4) is 5.95 Å². The second-order valence-corrected chi connectivity index (χ2v) is 6.07. The quantitative estimate of drug-likeness (QED) is 0.723. The van der Waals surface area contributed by atoms with Gasteiger partial charge in [-0.3, -0.25) is 0 Å². The zero-order valence-corrected chi connectivity index (χ0v) is 13.5. The predicted octanol–water partition coefficient (Wildman–Crippen LogP) is 3.48. The highest BCUT2D eigenvalue weighted by Gasteiger charge is 2.25. The van der Waals surface area contributed by atoms with E-state index in [4.69, 9.17) is 25.2 Å². The van der Waals surface area contributed by atoms with E-state index in [0.717, 1.165) is 37.0 Å². The van der Waals surface area contributed by atoms with Gasteiger partial charge in [0.1, 0.15) is 16.6 Å². The molecule has 3 aromatic rings. The molecule has 0 unspecified atom stereocenters. The van der Waals surface area contributed by atoms with Gasteiger partial charge in [-0.15, -0.1) is 0 Å². The Bertz CT molecular complexity index is 879. The molecule has 0 N–H and O–H groups in total. The summed E-state index contributed by atoms with van der Waals surface area (Å²) in [4.78, 5) is 17.9. The van der Waals surface area contributed by atoms with Crippen molar-refractivity contribution in [2.24, 2.45) is 0 Å². The number of oxazole rings is 1.